The van der Waals surface area contributed by atoms with Gasteiger partial charge in [0.25, 0.3) is 0 Å². The predicted octanol–water partition coefficient (Wildman–Crippen LogP) is 1.86. The molecule has 124 valence electrons. The molecule has 0 aromatic carbocycles. The summed E-state index contributed by atoms with van der Waals surface area (Å²) in [6, 6.07) is 0. The highest BCUT2D eigenvalue weighted by atomic mass is 16.2. The highest BCUT2D eigenvalue weighted by molar-refractivity contribution is 5.85. The van der Waals surface area contributed by atoms with Gasteiger partial charge in [0.2, 0.25) is 5.91 Å². The number of nitrogens with zero attached hydrogens (tertiary/aromatic N) is 3. The van der Waals surface area contributed by atoms with E-state index in [2.05, 4.69) is 21.8 Å². The molecule has 5 nitrogen and oxygen atoms in total. The number of carbonyl (C=O) groups excluding carboxylic acids is 1. The molecular formula is C17H30N4O. The molecule has 2 aliphatic rings. The number of nitrogens with one attached hydrogen (secondary N) is 1. The van der Waals surface area contributed by atoms with E-state index >= 15 is 0 Å². The molecular weight excluding hydrogens is 276 g/mol. The molecule has 2 fully saturated rings. The fourth-order valence-corrected chi connectivity index (χ4v) is 3.43. The van der Waals surface area contributed by atoms with E-state index < -0.39 is 0 Å². The van der Waals surface area contributed by atoms with E-state index in [9.17, 15) is 4.79 Å². The Hall–Kier alpha value is -1.52. The average molecular weight is 306 g/mol. The molecule has 1 saturated carbocycles. The Morgan fingerprint density at radius 3 is 2.59 bits per heavy atom. The molecule has 1 aliphatic carbocycles. The molecule has 1 heterocycles. The number of hydrogen-bond acceptors (Lipinski definition) is 2. The topological polar surface area (TPSA) is 47.9 Å². The van der Waals surface area contributed by atoms with Gasteiger partial charge in [0, 0.05) is 33.7 Å². The van der Waals surface area contributed by atoms with Gasteiger partial charge in [0.15, 0.2) is 5.96 Å². The van der Waals surface area contributed by atoms with Crippen molar-refractivity contribution in [2.45, 2.75) is 39.0 Å². The molecule has 5 heteroatoms. The molecule has 0 radical (unpaired) electrons. The minimum absolute atomic E-state index is 0.0319. The third kappa shape index (κ3) is 4.24. The zero-order valence-corrected chi connectivity index (χ0v) is 14.3. The van der Waals surface area contributed by atoms with Crippen molar-refractivity contribution in [2.75, 3.05) is 40.3 Å². The van der Waals surface area contributed by atoms with Gasteiger partial charge in [0.1, 0.15) is 6.54 Å². The first-order valence-electron chi connectivity index (χ1n) is 8.30. The molecule has 0 aromatic heterocycles. The first kappa shape index (κ1) is 16.8. The van der Waals surface area contributed by atoms with Crippen molar-refractivity contribution < 1.29 is 4.79 Å². The van der Waals surface area contributed by atoms with Crippen LogP contribution in [-0.2, 0) is 4.79 Å². The molecule has 22 heavy (non-hydrogen) atoms. The van der Waals surface area contributed by atoms with Crippen molar-refractivity contribution in [1.82, 2.24) is 15.1 Å². The predicted molar refractivity (Wildman–Crippen MR) is 90.9 cm³/mol. The molecule has 0 atom stereocenters. The Balaban J connectivity index is 2.02. The van der Waals surface area contributed by atoms with Gasteiger partial charge in [-0.1, -0.05) is 25.0 Å². The van der Waals surface area contributed by atoms with Gasteiger partial charge in [-0.2, -0.15) is 0 Å². The maximum atomic E-state index is 11.8. The highest BCUT2D eigenvalue weighted by Crippen LogP contribution is 2.45. The van der Waals surface area contributed by atoms with Crippen LogP contribution in [0.5, 0.6) is 0 Å². The van der Waals surface area contributed by atoms with Gasteiger partial charge in [-0.15, -0.1) is 0 Å². The molecule has 0 aromatic rings. The summed E-state index contributed by atoms with van der Waals surface area (Å²) in [5, 5.41) is 3.37. The highest BCUT2D eigenvalue weighted by Gasteiger charge is 2.41. The zero-order valence-electron chi connectivity index (χ0n) is 14.3. The number of hydrogen-bond donors (Lipinski definition) is 1. The van der Waals surface area contributed by atoms with Crippen LogP contribution in [0.4, 0.5) is 0 Å². The standard InChI is InChI=1S/C17H30N4O/c1-14(2)11-18-16(19-12-15(22)20(3)4)21-10-9-17(13-21)7-5-6-8-17/h1,5-13H2,2-4H3,(H,18,19). The normalized spacial score (nSPS) is 20.5. The Bertz CT molecular complexity index is 450. The lowest BCUT2D eigenvalue weighted by atomic mass is 9.86. The van der Waals surface area contributed by atoms with Crippen molar-refractivity contribution in [1.29, 1.82) is 0 Å². The van der Waals surface area contributed by atoms with E-state index in [0.717, 1.165) is 24.6 Å². The van der Waals surface area contributed by atoms with Crippen LogP contribution in [0.15, 0.2) is 17.1 Å². The Morgan fingerprint density at radius 2 is 2.00 bits per heavy atom. The number of rotatable bonds is 4. The van der Waals surface area contributed by atoms with Crippen LogP contribution in [0.2, 0.25) is 0 Å². The molecule has 0 bridgehead atoms. The van der Waals surface area contributed by atoms with Gasteiger partial charge in [-0.25, -0.2) is 4.99 Å². The van der Waals surface area contributed by atoms with Crippen molar-refractivity contribution in [3.8, 4) is 0 Å². The van der Waals surface area contributed by atoms with Crippen LogP contribution in [0.25, 0.3) is 0 Å². The Morgan fingerprint density at radius 1 is 1.32 bits per heavy atom. The van der Waals surface area contributed by atoms with Gasteiger partial charge in [-0.05, 0) is 31.6 Å². The molecule has 1 saturated heterocycles. The smallest absolute Gasteiger partial charge is 0.243 e. The lowest BCUT2D eigenvalue weighted by molar-refractivity contribution is -0.127. The first-order valence-corrected chi connectivity index (χ1v) is 8.30. The van der Waals surface area contributed by atoms with Gasteiger partial charge in [0.05, 0.1) is 0 Å². The van der Waals surface area contributed by atoms with Crippen LogP contribution in [0, 0.1) is 5.41 Å². The average Bonchev–Trinajstić information content (AvgIpc) is 3.09. The summed E-state index contributed by atoms with van der Waals surface area (Å²) in [5.41, 5.74) is 1.57. The number of likely N-dealkylation sites (tertiary alicyclic amines) is 1. The zero-order chi connectivity index (χ0) is 16.2. The fourth-order valence-electron chi connectivity index (χ4n) is 3.43. The number of likely N-dealkylation sites (N-methyl/N-ethyl adjacent to an activating group) is 1. The van der Waals surface area contributed by atoms with Crippen molar-refractivity contribution in [2.24, 2.45) is 10.4 Å². The quantitative estimate of drug-likeness (QED) is 0.490. The molecule has 2 rings (SSSR count). The van der Waals surface area contributed by atoms with Crippen LogP contribution in [0.3, 0.4) is 0 Å². The summed E-state index contributed by atoms with van der Waals surface area (Å²) >= 11 is 0. The second kappa shape index (κ2) is 7.16. The van der Waals surface area contributed by atoms with E-state index in [1.54, 1.807) is 19.0 Å². The molecule has 1 aliphatic heterocycles. The van der Waals surface area contributed by atoms with Crippen molar-refractivity contribution in [3.63, 3.8) is 0 Å². The van der Waals surface area contributed by atoms with Crippen molar-refractivity contribution >= 4 is 11.9 Å². The summed E-state index contributed by atoms with van der Waals surface area (Å²) in [5.74, 6) is 0.895. The van der Waals surface area contributed by atoms with E-state index in [1.165, 1.54) is 32.1 Å². The number of amides is 1. The first-order chi connectivity index (χ1) is 10.4. The van der Waals surface area contributed by atoms with Crippen LogP contribution in [0.1, 0.15) is 39.0 Å². The third-order valence-corrected chi connectivity index (χ3v) is 4.81. The number of carbonyl (C=O) groups is 1. The molecule has 1 amide bonds. The van der Waals surface area contributed by atoms with E-state index in [0.29, 0.717) is 12.0 Å². The lowest BCUT2D eigenvalue weighted by Gasteiger charge is -2.26. The van der Waals surface area contributed by atoms with Gasteiger partial charge >= 0.3 is 0 Å². The fraction of sp³-hybridized carbons (Fsp3) is 0.765. The summed E-state index contributed by atoms with van der Waals surface area (Å²) < 4.78 is 0. The van der Waals surface area contributed by atoms with E-state index in [-0.39, 0.29) is 12.5 Å². The summed E-state index contributed by atoms with van der Waals surface area (Å²) in [6.07, 6.45) is 6.65. The number of aliphatic imine (C=N–C) groups is 1. The van der Waals surface area contributed by atoms with E-state index in [4.69, 9.17) is 0 Å². The third-order valence-electron chi connectivity index (χ3n) is 4.81. The van der Waals surface area contributed by atoms with E-state index in [1.807, 2.05) is 6.92 Å². The minimum atomic E-state index is 0.0319. The van der Waals surface area contributed by atoms with Crippen molar-refractivity contribution in [3.05, 3.63) is 12.2 Å². The maximum absolute atomic E-state index is 11.8. The molecule has 0 unspecified atom stereocenters. The van der Waals surface area contributed by atoms with Gasteiger partial charge < -0.3 is 15.1 Å². The second-order valence-corrected chi connectivity index (χ2v) is 7.12. The SMILES string of the molecule is C=C(C)CNC(=NCC(=O)N(C)C)N1CCC2(CCCC2)C1. The summed E-state index contributed by atoms with van der Waals surface area (Å²) in [4.78, 5) is 20.3. The minimum Gasteiger partial charge on any atom is -0.353 e. The number of guanidine groups is 1. The lowest BCUT2D eigenvalue weighted by Crippen LogP contribution is -2.42. The maximum Gasteiger partial charge on any atom is 0.243 e. The van der Waals surface area contributed by atoms with Gasteiger partial charge in [-0.3, -0.25) is 4.79 Å². The Kier molecular flexibility index (Phi) is 5.48. The molecule has 1 N–H and O–H groups in total. The second-order valence-electron chi connectivity index (χ2n) is 7.12. The largest absolute Gasteiger partial charge is 0.353 e. The summed E-state index contributed by atoms with van der Waals surface area (Å²) in [7, 11) is 3.53. The molecule has 1 spiro atoms. The van der Waals surface area contributed by atoms with Crippen LogP contribution in [-0.4, -0.2) is 61.9 Å². The monoisotopic (exact) mass is 306 g/mol. The summed E-state index contributed by atoms with van der Waals surface area (Å²) in [6.45, 7) is 8.96. The van der Waals surface area contributed by atoms with Crippen LogP contribution < -0.4 is 5.32 Å². The Labute approximate surface area is 134 Å². The van der Waals surface area contributed by atoms with Crippen LogP contribution >= 0.6 is 0 Å².